The summed E-state index contributed by atoms with van der Waals surface area (Å²) in [5.41, 5.74) is 0. The van der Waals surface area contributed by atoms with Gasteiger partial charge < -0.3 is 5.11 Å². The van der Waals surface area contributed by atoms with E-state index >= 15 is 0 Å². The van der Waals surface area contributed by atoms with E-state index in [4.69, 9.17) is 5.11 Å². The number of rotatable bonds is 6. The van der Waals surface area contributed by atoms with Gasteiger partial charge in [0, 0.05) is 13.1 Å². The number of carboxylic acid groups (broad SMARTS) is 1. The number of carboxylic acids is 1. The van der Waals surface area contributed by atoms with Gasteiger partial charge in [0.25, 0.3) is 0 Å². The molecule has 0 aromatic heterocycles. The van der Waals surface area contributed by atoms with E-state index in [1.54, 1.807) is 0 Å². The van der Waals surface area contributed by atoms with Gasteiger partial charge in [-0.3, -0.25) is 4.79 Å². The van der Waals surface area contributed by atoms with Crippen LogP contribution in [0, 0.1) is 0 Å². The molecule has 10 heteroatoms. The predicted molar refractivity (Wildman–Crippen MR) is 77.3 cm³/mol. The molecular weight excluding hydrogens is 332 g/mol. The van der Waals surface area contributed by atoms with Crippen molar-refractivity contribution in [3.63, 3.8) is 0 Å². The summed E-state index contributed by atoms with van der Waals surface area (Å²) in [7, 11) is -8.16. The maximum absolute atomic E-state index is 12.6. The van der Waals surface area contributed by atoms with Crippen LogP contribution in [0.2, 0.25) is 0 Å². The summed E-state index contributed by atoms with van der Waals surface area (Å²) >= 11 is 0. The van der Waals surface area contributed by atoms with Gasteiger partial charge in [-0.1, -0.05) is 12.1 Å². The zero-order chi connectivity index (χ0) is 16.4. The number of sulfonamides is 2. The minimum Gasteiger partial charge on any atom is -0.480 e. The molecule has 1 aliphatic heterocycles. The maximum Gasteiger partial charge on any atom is 0.318 e. The Labute approximate surface area is 128 Å². The van der Waals surface area contributed by atoms with Crippen molar-refractivity contribution in [3.8, 4) is 0 Å². The third-order valence-electron chi connectivity index (χ3n) is 3.23. The van der Waals surface area contributed by atoms with Crippen LogP contribution in [0.5, 0.6) is 0 Å². The summed E-state index contributed by atoms with van der Waals surface area (Å²) in [5, 5.41) is 8.57. The second-order valence-electron chi connectivity index (χ2n) is 4.78. The van der Waals surface area contributed by atoms with Gasteiger partial charge in [-0.15, -0.1) is 0 Å². The fourth-order valence-electron chi connectivity index (χ4n) is 2.19. The Bertz CT molecular complexity index is 767. The van der Waals surface area contributed by atoms with Crippen LogP contribution in [0.4, 0.5) is 0 Å². The number of hydrogen-bond acceptors (Lipinski definition) is 5. The van der Waals surface area contributed by atoms with E-state index in [0.717, 1.165) is 18.9 Å². The third kappa shape index (κ3) is 3.46. The molecule has 122 valence electrons. The van der Waals surface area contributed by atoms with Crippen LogP contribution in [-0.4, -0.2) is 51.9 Å². The lowest BCUT2D eigenvalue weighted by molar-refractivity contribution is -0.135. The largest absolute Gasteiger partial charge is 0.480 e. The minimum atomic E-state index is -4.24. The van der Waals surface area contributed by atoms with Gasteiger partial charge in [0.05, 0.1) is 0 Å². The maximum atomic E-state index is 12.6. The normalized spacial score (nSPS) is 16.7. The lowest BCUT2D eigenvalue weighted by atomic mass is 10.4. The smallest absolute Gasteiger partial charge is 0.318 e. The average molecular weight is 348 g/mol. The summed E-state index contributed by atoms with van der Waals surface area (Å²) in [4.78, 5) is 9.74. The molecule has 0 bridgehead atoms. The molecule has 8 nitrogen and oxygen atoms in total. The molecule has 1 aromatic carbocycles. The zero-order valence-electron chi connectivity index (χ0n) is 11.6. The molecule has 1 aromatic rings. The first-order valence-electron chi connectivity index (χ1n) is 6.56. The molecule has 2 N–H and O–H groups in total. The number of nitrogens with zero attached hydrogens (tertiary/aromatic N) is 1. The topological polar surface area (TPSA) is 121 Å². The fraction of sp³-hybridized carbons (Fsp3) is 0.417. The summed E-state index contributed by atoms with van der Waals surface area (Å²) in [6.07, 6.45) is 1.46. The van der Waals surface area contributed by atoms with E-state index in [1.807, 2.05) is 4.72 Å². The summed E-state index contributed by atoms with van der Waals surface area (Å²) < 4.78 is 52.5. The average Bonchev–Trinajstić information content (AvgIpc) is 3.00. The molecule has 0 aliphatic carbocycles. The van der Waals surface area contributed by atoms with Crippen molar-refractivity contribution in [2.75, 3.05) is 19.6 Å². The van der Waals surface area contributed by atoms with Gasteiger partial charge in [-0.2, -0.15) is 9.03 Å². The van der Waals surface area contributed by atoms with E-state index in [1.165, 1.54) is 22.5 Å². The Morgan fingerprint density at radius 3 is 2.18 bits per heavy atom. The van der Waals surface area contributed by atoms with Gasteiger partial charge in [0.2, 0.25) is 20.0 Å². The Morgan fingerprint density at radius 1 is 1.09 bits per heavy atom. The first-order valence-corrected chi connectivity index (χ1v) is 9.48. The van der Waals surface area contributed by atoms with E-state index in [0.29, 0.717) is 13.1 Å². The molecule has 22 heavy (non-hydrogen) atoms. The second kappa shape index (κ2) is 6.32. The van der Waals surface area contributed by atoms with Crippen molar-refractivity contribution in [2.45, 2.75) is 22.6 Å². The second-order valence-corrected chi connectivity index (χ2v) is 8.42. The first kappa shape index (κ1) is 16.9. The van der Waals surface area contributed by atoms with Crippen molar-refractivity contribution in [2.24, 2.45) is 0 Å². The van der Waals surface area contributed by atoms with Crippen LogP contribution < -0.4 is 4.72 Å². The van der Waals surface area contributed by atoms with E-state index < -0.39 is 37.5 Å². The molecule has 1 aliphatic rings. The Morgan fingerprint density at radius 2 is 1.64 bits per heavy atom. The lowest BCUT2D eigenvalue weighted by Gasteiger charge is -2.18. The van der Waals surface area contributed by atoms with E-state index in [-0.39, 0.29) is 4.90 Å². The number of aliphatic carboxylic acids is 1. The van der Waals surface area contributed by atoms with Gasteiger partial charge in [0.15, 0.2) is 0 Å². The van der Waals surface area contributed by atoms with Gasteiger partial charge >= 0.3 is 5.97 Å². The van der Waals surface area contributed by atoms with Crippen molar-refractivity contribution < 1.29 is 26.7 Å². The van der Waals surface area contributed by atoms with Crippen LogP contribution in [0.1, 0.15) is 12.8 Å². The van der Waals surface area contributed by atoms with Gasteiger partial charge in [-0.05, 0) is 25.0 Å². The SMILES string of the molecule is O=C(O)CNS(=O)(=O)c1ccccc1S(=O)(=O)N1CCCC1. The highest BCUT2D eigenvalue weighted by Gasteiger charge is 2.32. The van der Waals surface area contributed by atoms with Gasteiger partial charge in [-0.25, -0.2) is 16.8 Å². The molecule has 0 spiro atoms. The molecule has 0 amide bonds. The molecule has 2 rings (SSSR count). The summed E-state index contributed by atoms with van der Waals surface area (Å²) in [6.45, 7) is -0.126. The van der Waals surface area contributed by atoms with Crippen molar-refractivity contribution in [1.29, 1.82) is 0 Å². The van der Waals surface area contributed by atoms with Crippen molar-refractivity contribution in [1.82, 2.24) is 9.03 Å². The number of hydrogen-bond donors (Lipinski definition) is 2. The van der Waals surface area contributed by atoms with Crippen LogP contribution in [-0.2, 0) is 24.8 Å². The fourth-order valence-corrected chi connectivity index (χ4v) is 5.48. The summed E-state index contributed by atoms with van der Waals surface area (Å²) in [6, 6.07) is 5.17. The highest BCUT2D eigenvalue weighted by molar-refractivity contribution is 7.92. The molecule has 1 fully saturated rings. The lowest BCUT2D eigenvalue weighted by Crippen LogP contribution is -2.33. The minimum absolute atomic E-state index is 0.338. The highest BCUT2D eigenvalue weighted by Crippen LogP contribution is 2.26. The quantitative estimate of drug-likeness (QED) is 0.736. The standard InChI is InChI=1S/C12H16N2O6S2/c15-12(16)9-13-21(17,18)10-5-1-2-6-11(10)22(19,20)14-7-3-4-8-14/h1-2,5-6,13H,3-4,7-9H2,(H,15,16). The Kier molecular flexibility index (Phi) is 4.85. The monoisotopic (exact) mass is 348 g/mol. The number of carbonyl (C=O) groups is 1. The molecule has 0 radical (unpaired) electrons. The van der Waals surface area contributed by atoms with Crippen LogP contribution in [0.25, 0.3) is 0 Å². The molecular formula is C12H16N2O6S2. The molecule has 0 atom stereocenters. The van der Waals surface area contributed by atoms with Crippen molar-refractivity contribution in [3.05, 3.63) is 24.3 Å². The Balaban J connectivity index is 2.45. The summed E-state index contributed by atoms with van der Waals surface area (Å²) in [5.74, 6) is -1.36. The van der Waals surface area contributed by atoms with E-state index in [9.17, 15) is 21.6 Å². The van der Waals surface area contributed by atoms with Crippen LogP contribution >= 0.6 is 0 Å². The molecule has 0 unspecified atom stereocenters. The van der Waals surface area contributed by atoms with Crippen LogP contribution in [0.3, 0.4) is 0 Å². The molecule has 0 saturated carbocycles. The van der Waals surface area contributed by atoms with Crippen molar-refractivity contribution >= 4 is 26.0 Å². The molecule has 1 heterocycles. The number of benzene rings is 1. The highest BCUT2D eigenvalue weighted by atomic mass is 32.2. The van der Waals surface area contributed by atoms with Crippen LogP contribution in [0.15, 0.2) is 34.1 Å². The van der Waals surface area contributed by atoms with Gasteiger partial charge in [0.1, 0.15) is 16.3 Å². The zero-order valence-corrected chi connectivity index (χ0v) is 13.2. The predicted octanol–water partition coefficient (Wildman–Crippen LogP) is -0.166. The Hall–Kier alpha value is -1.49. The first-order chi connectivity index (χ1) is 10.2. The number of nitrogens with one attached hydrogen (secondary N) is 1. The molecule has 1 saturated heterocycles. The van der Waals surface area contributed by atoms with E-state index in [2.05, 4.69) is 0 Å². The third-order valence-corrected chi connectivity index (χ3v) is 6.78.